The molecule has 52 heavy (non-hydrogen) atoms. The number of imide groups is 1. The molecule has 268 valence electrons. The Bertz CT molecular complexity index is 2090. The SMILES string of the molecule is CC(C)Nc1cc(-c2ccc3cc(C#N)cnn23)ncc1-c1nnc(N2CCN(C[C@@H]3CCN(C4=NCC([C@H]5CCC(=O)NC5=O)C=C4)C3)CC2)s1. The van der Waals surface area contributed by atoms with Crippen molar-refractivity contribution >= 4 is 45.3 Å². The number of rotatable bonds is 8. The smallest absolute Gasteiger partial charge is 0.230 e. The maximum absolute atomic E-state index is 12.3. The molecule has 4 aromatic heterocycles. The Morgan fingerprint density at radius 2 is 1.92 bits per heavy atom. The molecule has 15 heteroatoms. The molecule has 8 rings (SSSR count). The minimum atomic E-state index is -0.173. The van der Waals surface area contributed by atoms with Crippen LogP contribution in [-0.2, 0) is 9.59 Å². The van der Waals surface area contributed by atoms with Crippen LogP contribution in [0.25, 0.3) is 27.5 Å². The van der Waals surface area contributed by atoms with Crippen molar-refractivity contribution in [3.8, 4) is 28.0 Å². The minimum Gasteiger partial charge on any atom is -0.382 e. The first-order valence-electron chi connectivity index (χ1n) is 18.1. The fraction of sp³-hybridized carbons (Fsp3) is 0.459. The normalized spacial score (nSPS) is 22.6. The maximum Gasteiger partial charge on any atom is 0.230 e. The molecule has 1 unspecified atom stereocenters. The number of hydrogen-bond acceptors (Lipinski definition) is 13. The molecular weight excluding hydrogens is 677 g/mol. The van der Waals surface area contributed by atoms with Crippen molar-refractivity contribution in [1.29, 1.82) is 5.26 Å². The van der Waals surface area contributed by atoms with Crippen molar-refractivity contribution in [1.82, 2.24) is 39.9 Å². The number of likely N-dealkylation sites (tertiary alicyclic amines) is 1. The second-order valence-corrected chi connectivity index (χ2v) is 15.3. The number of fused-ring (bicyclic) bond motifs is 1. The number of piperidine rings is 1. The van der Waals surface area contributed by atoms with Crippen LogP contribution in [0.2, 0.25) is 0 Å². The molecule has 4 aliphatic heterocycles. The fourth-order valence-electron chi connectivity index (χ4n) is 7.69. The van der Waals surface area contributed by atoms with Gasteiger partial charge in [0.2, 0.25) is 16.9 Å². The summed E-state index contributed by atoms with van der Waals surface area (Å²) in [7, 11) is 0. The van der Waals surface area contributed by atoms with Crippen LogP contribution in [0.4, 0.5) is 10.8 Å². The van der Waals surface area contributed by atoms with Crippen molar-refractivity contribution in [2.45, 2.75) is 39.2 Å². The third kappa shape index (κ3) is 7.00. The van der Waals surface area contributed by atoms with Crippen LogP contribution in [0.15, 0.2) is 53.8 Å². The minimum absolute atomic E-state index is 0.0573. The number of pyridine rings is 1. The summed E-state index contributed by atoms with van der Waals surface area (Å²) in [6.07, 6.45) is 9.78. The second kappa shape index (κ2) is 14.4. The number of anilines is 2. The summed E-state index contributed by atoms with van der Waals surface area (Å²) in [4.78, 5) is 40.8. The van der Waals surface area contributed by atoms with Gasteiger partial charge in [-0.25, -0.2) is 4.52 Å². The highest BCUT2D eigenvalue weighted by atomic mass is 32.1. The van der Waals surface area contributed by atoms with E-state index in [1.165, 1.54) is 0 Å². The molecule has 0 aliphatic carbocycles. The third-order valence-electron chi connectivity index (χ3n) is 10.4. The number of aliphatic imine (C=N–C) groups is 1. The van der Waals surface area contributed by atoms with Crippen LogP contribution in [0.5, 0.6) is 0 Å². The number of carbonyl (C=O) groups excluding carboxylic acids is 2. The molecule has 2 amide bonds. The Morgan fingerprint density at radius 1 is 1.06 bits per heavy atom. The number of amidine groups is 1. The molecule has 8 heterocycles. The molecule has 4 aliphatic rings. The van der Waals surface area contributed by atoms with Gasteiger partial charge < -0.3 is 15.1 Å². The van der Waals surface area contributed by atoms with Gasteiger partial charge in [-0.1, -0.05) is 17.4 Å². The van der Waals surface area contributed by atoms with Crippen molar-refractivity contribution < 1.29 is 9.59 Å². The molecule has 3 saturated heterocycles. The summed E-state index contributed by atoms with van der Waals surface area (Å²) in [5.41, 5.74) is 4.83. The number of dihydropyridines is 1. The molecule has 14 nitrogen and oxygen atoms in total. The number of amides is 2. The number of nitrogens with zero attached hydrogens (tertiary/aromatic N) is 10. The topological polar surface area (TPSA) is 160 Å². The number of hydrogen-bond donors (Lipinski definition) is 2. The number of carbonyl (C=O) groups is 2. The molecule has 0 saturated carbocycles. The van der Waals surface area contributed by atoms with Gasteiger partial charge in [0.05, 0.1) is 34.2 Å². The van der Waals surface area contributed by atoms with Crippen LogP contribution in [-0.4, -0.2) is 111 Å². The average Bonchev–Trinajstić information content (AvgIpc) is 3.92. The molecule has 4 aromatic rings. The number of piperazine rings is 1. The number of nitriles is 1. The van der Waals surface area contributed by atoms with E-state index in [-0.39, 0.29) is 29.7 Å². The van der Waals surface area contributed by atoms with Gasteiger partial charge in [0.25, 0.3) is 0 Å². The van der Waals surface area contributed by atoms with Crippen LogP contribution in [0.3, 0.4) is 0 Å². The van der Waals surface area contributed by atoms with Gasteiger partial charge in [-0.15, -0.1) is 10.2 Å². The summed E-state index contributed by atoms with van der Waals surface area (Å²) >= 11 is 1.60. The van der Waals surface area contributed by atoms with E-state index in [4.69, 9.17) is 9.98 Å². The lowest BCUT2D eigenvalue weighted by Crippen LogP contribution is -2.48. The van der Waals surface area contributed by atoms with Gasteiger partial charge in [-0.3, -0.25) is 29.8 Å². The van der Waals surface area contributed by atoms with Crippen molar-refractivity contribution in [2.24, 2.45) is 22.7 Å². The first-order chi connectivity index (χ1) is 25.3. The highest BCUT2D eigenvalue weighted by Crippen LogP contribution is 2.36. The Hall–Kier alpha value is -5.20. The van der Waals surface area contributed by atoms with Crippen LogP contribution in [0, 0.1) is 29.1 Å². The molecule has 0 bridgehead atoms. The molecule has 0 radical (unpaired) electrons. The molecule has 0 aromatic carbocycles. The van der Waals surface area contributed by atoms with E-state index in [9.17, 15) is 14.9 Å². The predicted octanol–water partition coefficient (Wildman–Crippen LogP) is 3.69. The van der Waals surface area contributed by atoms with Crippen molar-refractivity contribution in [2.75, 3.05) is 62.6 Å². The summed E-state index contributed by atoms with van der Waals surface area (Å²) in [5, 5.41) is 30.8. The van der Waals surface area contributed by atoms with Gasteiger partial charge in [0, 0.05) is 88.5 Å². The maximum atomic E-state index is 12.3. The Balaban J connectivity index is 0.862. The summed E-state index contributed by atoms with van der Waals surface area (Å²) in [5.74, 6) is 1.16. The van der Waals surface area contributed by atoms with Crippen molar-refractivity contribution in [3.63, 3.8) is 0 Å². The highest BCUT2D eigenvalue weighted by molar-refractivity contribution is 7.18. The average molecular weight is 719 g/mol. The zero-order valence-electron chi connectivity index (χ0n) is 29.4. The monoisotopic (exact) mass is 718 g/mol. The molecule has 0 spiro atoms. The Labute approximate surface area is 306 Å². The van der Waals surface area contributed by atoms with E-state index in [2.05, 4.69) is 72.7 Å². The highest BCUT2D eigenvalue weighted by Gasteiger charge is 2.34. The lowest BCUT2D eigenvalue weighted by atomic mass is 9.84. The Morgan fingerprint density at radius 3 is 2.69 bits per heavy atom. The van der Waals surface area contributed by atoms with E-state index in [0.717, 1.165) is 96.4 Å². The zero-order chi connectivity index (χ0) is 35.8. The van der Waals surface area contributed by atoms with E-state index < -0.39 is 0 Å². The van der Waals surface area contributed by atoms with Crippen LogP contribution < -0.4 is 15.5 Å². The fourth-order valence-corrected chi connectivity index (χ4v) is 8.61. The predicted molar refractivity (Wildman–Crippen MR) is 200 cm³/mol. The van der Waals surface area contributed by atoms with Gasteiger partial charge in [-0.05, 0) is 62.9 Å². The van der Waals surface area contributed by atoms with E-state index in [1.54, 1.807) is 22.0 Å². The number of aromatic nitrogens is 5. The summed E-state index contributed by atoms with van der Waals surface area (Å²) < 4.78 is 1.80. The molecule has 3 fully saturated rings. The zero-order valence-corrected chi connectivity index (χ0v) is 30.2. The molecule has 3 atom stereocenters. The van der Waals surface area contributed by atoms with Crippen LogP contribution in [0.1, 0.15) is 38.7 Å². The summed E-state index contributed by atoms with van der Waals surface area (Å²) in [6.45, 7) is 11.6. The Kier molecular flexibility index (Phi) is 9.42. The molecular formula is C37H42N12O2S. The lowest BCUT2D eigenvalue weighted by molar-refractivity contribution is -0.137. The van der Waals surface area contributed by atoms with Gasteiger partial charge in [-0.2, -0.15) is 10.4 Å². The molecule has 2 N–H and O–H groups in total. The first kappa shape index (κ1) is 33.9. The van der Waals surface area contributed by atoms with E-state index in [0.29, 0.717) is 30.9 Å². The van der Waals surface area contributed by atoms with Gasteiger partial charge in [0.1, 0.15) is 11.9 Å². The van der Waals surface area contributed by atoms with Gasteiger partial charge >= 0.3 is 0 Å². The number of nitrogens with one attached hydrogen (secondary N) is 2. The lowest BCUT2D eigenvalue weighted by Gasteiger charge is -2.35. The quantitative estimate of drug-likeness (QED) is 0.256. The van der Waals surface area contributed by atoms with E-state index >= 15 is 0 Å². The second-order valence-electron chi connectivity index (χ2n) is 14.4. The standard InChI is InChI=1S/C37H42N12O2S/c1-23(2)42-30-16-31(32-6-4-27-15-25(17-38)18-41-49(27)32)39-20-29(30)36-44-45-37(52-36)47-13-11-46(12-14-47)21-24-9-10-48(22-24)33-7-3-26(19-40-33)28-5-8-34(50)43-35(28)51/h3-4,6-7,15-16,18,20,23-24,26,28H,5,8-14,19,21-22H2,1-2H3,(H,39,42)(H,43,50,51)/t24-,26?,28+/m0/s1. The summed E-state index contributed by atoms with van der Waals surface area (Å²) in [6, 6.07) is 10.1. The first-order valence-corrected chi connectivity index (χ1v) is 18.9. The third-order valence-corrected chi connectivity index (χ3v) is 11.4. The van der Waals surface area contributed by atoms with E-state index in [1.807, 2.05) is 30.5 Å². The van der Waals surface area contributed by atoms with Gasteiger partial charge in [0.15, 0.2) is 5.01 Å². The van der Waals surface area contributed by atoms with Crippen LogP contribution >= 0.6 is 11.3 Å². The van der Waals surface area contributed by atoms with Crippen molar-refractivity contribution in [3.05, 3.63) is 54.4 Å². The largest absolute Gasteiger partial charge is 0.382 e.